The zero-order chi connectivity index (χ0) is 16.5. The van der Waals surface area contributed by atoms with Crippen molar-refractivity contribution in [3.05, 3.63) is 47.8 Å². The van der Waals surface area contributed by atoms with Crippen molar-refractivity contribution in [2.24, 2.45) is 0 Å². The monoisotopic (exact) mass is 325 g/mol. The number of hydrogen-bond donors (Lipinski definition) is 1. The van der Waals surface area contributed by atoms with Gasteiger partial charge in [-0.15, -0.1) is 5.10 Å². The van der Waals surface area contributed by atoms with E-state index in [9.17, 15) is 9.18 Å². The third kappa shape index (κ3) is 2.73. The first kappa shape index (κ1) is 14.7. The zero-order valence-corrected chi connectivity index (χ0v) is 12.9. The molecule has 1 aliphatic carbocycles. The lowest BCUT2D eigenvalue weighted by molar-refractivity contribution is 0.0937. The highest BCUT2D eigenvalue weighted by Crippen LogP contribution is 2.23. The molecule has 0 aliphatic heterocycles. The van der Waals surface area contributed by atoms with E-state index in [1.54, 1.807) is 24.3 Å². The van der Waals surface area contributed by atoms with Crippen LogP contribution in [0.2, 0.25) is 0 Å². The fourth-order valence-electron chi connectivity index (χ4n) is 3.19. The van der Waals surface area contributed by atoms with Crippen molar-refractivity contribution in [3.63, 3.8) is 0 Å². The fourth-order valence-corrected chi connectivity index (χ4v) is 3.19. The summed E-state index contributed by atoms with van der Waals surface area (Å²) in [5, 5.41) is 14.4. The quantitative estimate of drug-likeness (QED) is 0.803. The summed E-state index contributed by atoms with van der Waals surface area (Å²) in [4.78, 5) is 12.4. The SMILES string of the molecule is O=C(NC1CCCC1)c1cc(F)cc(-c2cccc3nnnn23)c1. The van der Waals surface area contributed by atoms with Crippen LogP contribution in [0.4, 0.5) is 4.39 Å². The third-order valence-electron chi connectivity index (χ3n) is 4.37. The Kier molecular flexibility index (Phi) is 3.68. The number of carbonyl (C=O) groups is 1. The highest BCUT2D eigenvalue weighted by molar-refractivity contribution is 5.95. The van der Waals surface area contributed by atoms with Crippen LogP contribution in [0.1, 0.15) is 36.0 Å². The van der Waals surface area contributed by atoms with Crippen molar-refractivity contribution in [2.75, 3.05) is 0 Å². The maximum atomic E-state index is 14.1. The molecule has 0 radical (unpaired) electrons. The Bertz CT molecular complexity index is 901. The zero-order valence-electron chi connectivity index (χ0n) is 12.9. The van der Waals surface area contributed by atoms with Gasteiger partial charge in [-0.2, -0.15) is 4.52 Å². The minimum absolute atomic E-state index is 0.187. The van der Waals surface area contributed by atoms with Crippen LogP contribution in [0.15, 0.2) is 36.4 Å². The Morgan fingerprint density at radius 1 is 1.21 bits per heavy atom. The average molecular weight is 325 g/mol. The first-order chi connectivity index (χ1) is 11.7. The number of halogens is 1. The molecule has 1 aliphatic rings. The summed E-state index contributed by atoms with van der Waals surface area (Å²) in [7, 11) is 0. The van der Waals surface area contributed by atoms with E-state index in [0.717, 1.165) is 25.7 Å². The van der Waals surface area contributed by atoms with Crippen LogP contribution >= 0.6 is 0 Å². The van der Waals surface area contributed by atoms with Crippen molar-refractivity contribution in [1.29, 1.82) is 0 Å². The van der Waals surface area contributed by atoms with Crippen LogP contribution in [0.3, 0.4) is 0 Å². The maximum absolute atomic E-state index is 14.1. The molecule has 3 aromatic rings. The number of benzene rings is 1. The minimum Gasteiger partial charge on any atom is -0.349 e. The molecule has 2 aromatic heterocycles. The molecule has 0 saturated heterocycles. The molecule has 0 bridgehead atoms. The van der Waals surface area contributed by atoms with Crippen LogP contribution in [0.5, 0.6) is 0 Å². The van der Waals surface area contributed by atoms with Crippen LogP contribution in [0.25, 0.3) is 16.9 Å². The molecule has 0 spiro atoms. The molecule has 4 rings (SSSR count). The Morgan fingerprint density at radius 2 is 2.04 bits per heavy atom. The van der Waals surface area contributed by atoms with Crippen LogP contribution in [-0.4, -0.2) is 32.0 Å². The third-order valence-corrected chi connectivity index (χ3v) is 4.37. The van der Waals surface area contributed by atoms with Gasteiger partial charge in [-0.1, -0.05) is 18.9 Å². The number of fused-ring (bicyclic) bond motifs is 1. The van der Waals surface area contributed by atoms with E-state index in [1.165, 1.54) is 16.6 Å². The van der Waals surface area contributed by atoms with Gasteiger partial charge in [0.15, 0.2) is 5.65 Å². The number of amides is 1. The number of carbonyl (C=O) groups excluding carboxylic acids is 1. The number of nitrogens with zero attached hydrogens (tertiary/aromatic N) is 4. The number of pyridine rings is 1. The molecule has 1 amide bonds. The molecular weight excluding hydrogens is 309 g/mol. The molecule has 1 saturated carbocycles. The number of tetrazole rings is 1. The maximum Gasteiger partial charge on any atom is 0.251 e. The van der Waals surface area contributed by atoms with Gasteiger partial charge < -0.3 is 5.32 Å². The highest BCUT2D eigenvalue weighted by atomic mass is 19.1. The van der Waals surface area contributed by atoms with E-state index >= 15 is 0 Å². The molecule has 1 fully saturated rings. The number of hydrogen-bond acceptors (Lipinski definition) is 4. The van der Waals surface area contributed by atoms with E-state index in [-0.39, 0.29) is 11.9 Å². The average Bonchev–Trinajstić information content (AvgIpc) is 3.24. The predicted octanol–water partition coefficient (Wildman–Crippen LogP) is 2.60. The van der Waals surface area contributed by atoms with Gasteiger partial charge in [-0.25, -0.2) is 4.39 Å². The van der Waals surface area contributed by atoms with Crippen molar-refractivity contribution in [2.45, 2.75) is 31.7 Å². The molecule has 24 heavy (non-hydrogen) atoms. The van der Waals surface area contributed by atoms with E-state index in [0.29, 0.717) is 22.5 Å². The molecule has 2 heterocycles. The molecule has 1 aromatic carbocycles. The van der Waals surface area contributed by atoms with Gasteiger partial charge in [0.2, 0.25) is 0 Å². The summed E-state index contributed by atoms with van der Waals surface area (Å²) in [5.41, 5.74) is 2.06. The molecule has 0 unspecified atom stereocenters. The van der Waals surface area contributed by atoms with E-state index in [1.807, 2.05) is 0 Å². The summed E-state index contributed by atoms with van der Waals surface area (Å²) in [5.74, 6) is -0.708. The summed E-state index contributed by atoms with van der Waals surface area (Å²) < 4.78 is 15.6. The van der Waals surface area contributed by atoms with Crippen molar-refractivity contribution < 1.29 is 9.18 Å². The van der Waals surface area contributed by atoms with Crippen molar-refractivity contribution >= 4 is 11.6 Å². The molecular formula is C17H16FN5O. The van der Waals surface area contributed by atoms with Gasteiger partial charge in [0.05, 0.1) is 5.69 Å². The number of nitrogens with one attached hydrogen (secondary N) is 1. The van der Waals surface area contributed by atoms with Gasteiger partial charge in [0, 0.05) is 17.2 Å². The highest BCUT2D eigenvalue weighted by Gasteiger charge is 2.19. The van der Waals surface area contributed by atoms with Crippen molar-refractivity contribution in [1.82, 2.24) is 25.4 Å². The van der Waals surface area contributed by atoms with E-state index in [4.69, 9.17) is 0 Å². The van der Waals surface area contributed by atoms with Crippen molar-refractivity contribution in [3.8, 4) is 11.3 Å². The van der Waals surface area contributed by atoms with Gasteiger partial charge in [0.1, 0.15) is 5.82 Å². The van der Waals surface area contributed by atoms with Gasteiger partial charge in [-0.3, -0.25) is 4.79 Å². The topological polar surface area (TPSA) is 72.2 Å². The molecule has 0 atom stereocenters. The first-order valence-corrected chi connectivity index (χ1v) is 8.00. The lowest BCUT2D eigenvalue weighted by Crippen LogP contribution is -2.32. The molecule has 122 valence electrons. The predicted molar refractivity (Wildman–Crippen MR) is 85.9 cm³/mol. The van der Waals surface area contributed by atoms with E-state index < -0.39 is 5.82 Å². The summed E-state index contributed by atoms with van der Waals surface area (Å²) in [6.07, 6.45) is 4.22. The largest absolute Gasteiger partial charge is 0.349 e. The fraction of sp³-hybridized carbons (Fsp3) is 0.294. The Labute approximate surface area is 137 Å². The lowest BCUT2D eigenvalue weighted by Gasteiger charge is -2.13. The van der Waals surface area contributed by atoms with Gasteiger partial charge in [-0.05, 0) is 53.6 Å². The second-order valence-electron chi connectivity index (χ2n) is 6.04. The lowest BCUT2D eigenvalue weighted by atomic mass is 10.1. The van der Waals surface area contributed by atoms with Crippen LogP contribution in [-0.2, 0) is 0 Å². The Hall–Kier alpha value is -2.83. The smallest absolute Gasteiger partial charge is 0.251 e. The van der Waals surface area contributed by atoms with Crippen LogP contribution < -0.4 is 5.32 Å². The molecule has 7 heteroatoms. The Balaban J connectivity index is 1.71. The second-order valence-corrected chi connectivity index (χ2v) is 6.04. The van der Waals surface area contributed by atoms with Gasteiger partial charge >= 0.3 is 0 Å². The molecule has 6 nitrogen and oxygen atoms in total. The number of rotatable bonds is 3. The standard InChI is InChI=1S/C17H16FN5O/c18-13-9-11(15-6-3-7-16-20-21-22-23(15)16)8-12(10-13)17(24)19-14-4-1-2-5-14/h3,6-10,14H,1-2,4-5H2,(H,19,24). The minimum atomic E-state index is -0.464. The van der Waals surface area contributed by atoms with Crippen LogP contribution in [0, 0.1) is 5.82 Å². The number of aromatic nitrogens is 4. The summed E-state index contributed by atoms with van der Waals surface area (Å²) >= 11 is 0. The van der Waals surface area contributed by atoms with Gasteiger partial charge in [0.25, 0.3) is 5.91 Å². The normalized spacial score (nSPS) is 15.0. The van der Waals surface area contributed by atoms with E-state index in [2.05, 4.69) is 20.8 Å². The summed E-state index contributed by atoms with van der Waals surface area (Å²) in [6, 6.07) is 9.84. The first-order valence-electron chi connectivity index (χ1n) is 8.00. The summed E-state index contributed by atoms with van der Waals surface area (Å²) in [6.45, 7) is 0. The second kappa shape index (κ2) is 5.99. The molecule has 1 N–H and O–H groups in total. The Morgan fingerprint density at radius 3 is 2.88 bits per heavy atom.